The zero-order chi connectivity index (χ0) is 24.1. The fourth-order valence-corrected chi connectivity index (χ4v) is 5.04. The Morgan fingerprint density at radius 3 is 2.27 bits per heavy atom. The number of esters is 1. The Labute approximate surface area is 203 Å². The van der Waals surface area contributed by atoms with Crippen LogP contribution in [0.25, 0.3) is 0 Å². The minimum absolute atomic E-state index is 0.212. The summed E-state index contributed by atoms with van der Waals surface area (Å²) in [6.45, 7) is 5.97. The molecule has 1 aromatic heterocycles. The maximum Gasteiger partial charge on any atom is 0.341 e. The predicted molar refractivity (Wildman–Crippen MR) is 130 cm³/mol. The van der Waals surface area contributed by atoms with Gasteiger partial charge in [-0.15, -0.1) is 11.3 Å². The van der Waals surface area contributed by atoms with E-state index in [2.05, 4.69) is 15.1 Å². The number of thiophene rings is 1. The number of benzene rings is 1. The lowest BCUT2D eigenvalue weighted by molar-refractivity contribution is -0.117. The highest BCUT2D eigenvalue weighted by Gasteiger charge is 2.27. The zero-order valence-electron chi connectivity index (χ0n) is 19.3. The molecule has 0 spiro atoms. The Morgan fingerprint density at radius 2 is 1.70 bits per heavy atom. The quantitative estimate of drug-likeness (QED) is 0.598. The van der Waals surface area contributed by atoms with E-state index < -0.39 is 5.97 Å². The second-order valence-corrected chi connectivity index (χ2v) is 9.64. The molecule has 0 saturated carbocycles. The van der Waals surface area contributed by atoms with Gasteiger partial charge in [-0.2, -0.15) is 0 Å². The fourth-order valence-electron chi connectivity index (χ4n) is 3.68. The molecular weight excluding hydrogens is 464 g/mol. The predicted octanol–water partition coefficient (Wildman–Crippen LogP) is 2.95. The van der Waals surface area contributed by atoms with E-state index in [1.165, 1.54) is 17.6 Å². The van der Waals surface area contributed by atoms with E-state index >= 15 is 0 Å². The Morgan fingerprint density at radius 1 is 1.09 bits per heavy atom. The van der Waals surface area contributed by atoms with Gasteiger partial charge in [-0.3, -0.25) is 19.4 Å². The van der Waals surface area contributed by atoms with Crippen molar-refractivity contribution >= 4 is 45.7 Å². The van der Waals surface area contributed by atoms with E-state index in [4.69, 9.17) is 16.3 Å². The molecule has 1 fully saturated rings. The van der Waals surface area contributed by atoms with Gasteiger partial charge >= 0.3 is 5.97 Å². The lowest BCUT2D eigenvalue weighted by Gasteiger charge is -2.34. The van der Waals surface area contributed by atoms with Crippen molar-refractivity contribution in [2.45, 2.75) is 13.5 Å². The van der Waals surface area contributed by atoms with E-state index in [1.54, 1.807) is 21.0 Å². The maximum atomic E-state index is 12.8. The molecule has 1 saturated heterocycles. The topological polar surface area (TPSA) is 82.2 Å². The van der Waals surface area contributed by atoms with Crippen LogP contribution in [0.15, 0.2) is 24.3 Å². The summed E-state index contributed by atoms with van der Waals surface area (Å²) >= 11 is 7.05. The molecule has 33 heavy (non-hydrogen) atoms. The molecule has 0 radical (unpaired) electrons. The third-order valence-corrected chi connectivity index (χ3v) is 6.99. The third kappa shape index (κ3) is 6.32. The van der Waals surface area contributed by atoms with Gasteiger partial charge in [0, 0.05) is 51.8 Å². The van der Waals surface area contributed by atoms with Crippen molar-refractivity contribution in [3.63, 3.8) is 0 Å². The van der Waals surface area contributed by atoms with Crippen molar-refractivity contribution in [3.8, 4) is 0 Å². The molecule has 2 heterocycles. The van der Waals surface area contributed by atoms with Crippen LogP contribution in [0.5, 0.6) is 0 Å². The van der Waals surface area contributed by atoms with E-state index in [1.807, 2.05) is 24.3 Å². The van der Waals surface area contributed by atoms with Gasteiger partial charge in [0.05, 0.1) is 24.1 Å². The van der Waals surface area contributed by atoms with Crippen molar-refractivity contribution in [2.24, 2.45) is 0 Å². The lowest BCUT2D eigenvalue weighted by atomic mass is 10.1. The van der Waals surface area contributed by atoms with Crippen LogP contribution in [0.1, 0.15) is 31.2 Å². The molecule has 1 aliphatic heterocycles. The minimum atomic E-state index is -0.576. The number of nitrogens with one attached hydrogen (secondary N) is 1. The SMILES string of the molecule is COC(=O)c1c(NC(=O)CN2CCN(Cc3ccc(Cl)cc3)CC2)sc(C(=O)N(C)C)c1C. The van der Waals surface area contributed by atoms with Gasteiger partial charge < -0.3 is 15.0 Å². The molecule has 1 aromatic carbocycles. The number of nitrogens with zero attached hydrogens (tertiary/aromatic N) is 3. The molecule has 178 valence electrons. The number of hydrogen-bond donors (Lipinski definition) is 1. The van der Waals surface area contributed by atoms with E-state index in [0.717, 1.165) is 49.1 Å². The normalized spacial score (nSPS) is 14.7. The Hall–Kier alpha value is -2.46. The first-order valence-electron chi connectivity index (χ1n) is 10.6. The number of hydrogen-bond acceptors (Lipinski definition) is 7. The Balaban J connectivity index is 1.59. The van der Waals surface area contributed by atoms with Crippen LogP contribution in [0, 0.1) is 6.92 Å². The molecule has 0 bridgehead atoms. The average molecular weight is 493 g/mol. The van der Waals surface area contributed by atoms with Gasteiger partial charge in [0.2, 0.25) is 5.91 Å². The molecule has 2 aromatic rings. The molecule has 3 rings (SSSR count). The summed E-state index contributed by atoms with van der Waals surface area (Å²) in [5, 5.41) is 3.89. The van der Waals surface area contributed by atoms with Gasteiger partial charge in [-0.25, -0.2) is 4.79 Å². The molecule has 8 nitrogen and oxygen atoms in total. The van der Waals surface area contributed by atoms with Crippen LogP contribution in [0.3, 0.4) is 0 Å². The number of ether oxygens (including phenoxy) is 1. The molecule has 0 atom stereocenters. The molecule has 2 amide bonds. The van der Waals surface area contributed by atoms with Crippen LogP contribution >= 0.6 is 22.9 Å². The monoisotopic (exact) mass is 492 g/mol. The van der Waals surface area contributed by atoms with E-state index in [9.17, 15) is 14.4 Å². The summed E-state index contributed by atoms with van der Waals surface area (Å²) in [4.78, 5) is 43.8. The van der Waals surface area contributed by atoms with Crippen LogP contribution < -0.4 is 5.32 Å². The summed E-state index contributed by atoms with van der Waals surface area (Å²) in [6.07, 6.45) is 0. The first-order valence-corrected chi connectivity index (χ1v) is 11.8. The highest BCUT2D eigenvalue weighted by atomic mass is 35.5. The standard InChI is InChI=1S/C23H29ClN4O4S/c1-15-19(23(31)32-4)21(33-20(15)22(30)26(2)3)25-18(29)14-28-11-9-27(10-12-28)13-16-5-7-17(24)8-6-16/h5-8H,9-14H2,1-4H3,(H,25,29). The van der Waals surface area contributed by atoms with Crippen molar-refractivity contribution in [1.82, 2.24) is 14.7 Å². The number of piperazine rings is 1. The number of amides is 2. The van der Waals surface area contributed by atoms with Crippen molar-refractivity contribution in [3.05, 3.63) is 50.9 Å². The van der Waals surface area contributed by atoms with Gasteiger partial charge in [-0.1, -0.05) is 23.7 Å². The Bertz CT molecular complexity index is 1010. The van der Waals surface area contributed by atoms with Crippen molar-refractivity contribution in [1.29, 1.82) is 0 Å². The van der Waals surface area contributed by atoms with Gasteiger partial charge in [0.15, 0.2) is 0 Å². The summed E-state index contributed by atoms with van der Waals surface area (Å²) in [7, 11) is 4.57. The number of methoxy groups -OCH3 is 1. The van der Waals surface area contributed by atoms with Gasteiger partial charge in [0.25, 0.3) is 5.91 Å². The lowest BCUT2D eigenvalue weighted by Crippen LogP contribution is -2.48. The fraction of sp³-hybridized carbons (Fsp3) is 0.435. The minimum Gasteiger partial charge on any atom is -0.465 e. The number of halogens is 1. The number of carbonyl (C=O) groups is 3. The summed E-state index contributed by atoms with van der Waals surface area (Å²) in [6, 6.07) is 7.84. The molecule has 1 aliphatic rings. The summed E-state index contributed by atoms with van der Waals surface area (Å²) in [5.41, 5.74) is 1.95. The van der Waals surface area contributed by atoms with Crippen molar-refractivity contribution in [2.75, 3.05) is 59.2 Å². The summed E-state index contributed by atoms with van der Waals surface area (Å²) < 4.78 is 4.88. The smallest absolute Gasteiger partial charge is 0.341 e. The number of carbonyl (C=O) groups excluding carboxylic acids is 3. The molecular formula is C23H29ClN4O4S. The number of rotatable bonds is 7. The third-order valence-electron chi connectivity index (χ3n) is 5.54. The second-order valence-electron chi connectivity index (χ2n) is 8.18. The highest BCUT2D eigenvalue weighted by molar-refractivity contribution is 7.18. The number of anilines is 1. The first kappa shape index (κ1) is 25.2. The maximum absolute atomic E-state index is 12.8. The molecule has 0 unspecified atom stereocenters. The van der Waals surface area contributed by atoms with Gasteiger partial charge in [-0.05, 0) is 30.2 Å². The largest absolute Gasteiger partial charge is 0.465 e. The zero-order valence-corrected chi connectivity index (χ0v) is 20.9. The highest BCUT2D eigenvalue weighted by Crippen LogP contribution is 2.34. The van der Waals surface area contributed by atoms with Gasteiger partial charge in [0.1, 0.15) is 5.00 Å². The van der Waals surface area contributed by atoms with Crippen LogP contribution in [-0.4, -0.2) is 86.4 Å². The van der Waals surface area contributed by atoms with E-state index in [0.29, 0.717) is 15.4 Å². The summed E-state index contributed by atoms with van der Waals surface area (Å²) in [5.74, 6) is -1.02. The Kier molecular flexibility index (Phi) is 8.47. The van der Waals surface area contributed by atoms with Crippen LogP contribution in [0.4, 0.5) is 5.00 Å². The molecule has 10 heteroatoms. The average Bonchev–Trinajstić information content (AvgIpc) is 3.10. The molecule has 1 N–H and O–H groups in total. The second kappa shape index (κ2) is 11.1. The van der Waals surface area contributed by atoms with Crippen LogP contribution in [0.2, 0.25) is 5.02 Å². The van der Waals surface area contributed by atoms with E-state index in [-0.39, 0.29) is 23.9 Å². The molecule has 0 aliphatic carbocycles. The van der Waals surface area contributed by atoms with Crippen LogP contribution in [-0.2, 0) is 16.1 Å². The first-order chi connectivity index (χ1) is 15.7. The van der Waals surface area contributed by atoms with Crippen molar-refractivity contribution < 1.29 is 19.1 Å².